The Hall–Kier alpha value is -1.48. The average molecular weight is 395 g/mol. The van der Waals surface area contributed by atoms with Gasteiger partial charge in [0.2, 0.25) is 0 Å². The van der Waals surface area contributed by atoms with Crippen LogP contribution in [0.3, 0.4) is 0 Å². The number of rotatable bonds is 1. The molecule has 0 spiro atoms. The molecular formula is C16H10O4S4. The van der Waals surface area contributed by atoms with Crippen LogP contribution in [0, 0.1) is 0 Å². The SMILES string of the molecule is Oc1ccc(O)c2c1SC(=CC=C1Sc3c(O)ccc(O)c3S1)S2. The summed E-state index contributed by atoms with van der Waals surface area (Å²) >= 11 is 5.61. The third-order valence-electron chi connectivity index (χ3n) is 3.31. The molecule has 0 saturated carbocycles. The van der Waals surface area contributed by atoms with Gasteiger partial charge < -0.3 is 20.4 Å². The van der Waals surface area contributed by atoms with Crippen LogP contribution >= 0.6 is 47.0 Å². The molecule has 24 heavy (non-hydrogen) atoms. The van der Waals surface area contributed by atoms with Gasteiger partial charge in [-0.1, -0.05) is 47.0 Å². The summed E-state index contributed by atoms with van der Waals surface area (Å²) in [5, 5.41) is 39.5. The van der Waals surface area contributed by atoms with Crippen molar-refractivity contribution in [3.8, 4) is 23.0 Å². The van der Waals surface area contributed by atoms with Crippen LogP contribution in [0.25, 0.3) is 0 Å². The lowest BCUT2D eigenvalue weighted by atomic mass is 10.3. The maximum atomic E-state index is 9.88. The van der Waals surface area contributed by atoms with Crippen molar-refractivity contribution in [2.45, 2.75) is 19.6 Å². The Morgan fingerprint density at radius 2 is 0.750 bits per heavy atom. The largest absolute Gasteiger partial charge is 0.507 e. The molecule has 122 valence electrons. The van der Waals surface area contributed by atoms with Crippen molar-refractivity contribution in [3.63, 3.8) is 0 Å². The molecular weight excluding hydrogens is 384 g/mol. The molecule has 0 atom stereocenters. The fourth-order valence-corrected chi connectivity index (χ4v) is 6.86. The van der Waals surface area contributed by atoms with Gasteiger partial charge in [-0.3, -0.25) is 0 Å². The summed E-state index contributed by atoms with van der Waals surface area (Å²) in [7, 11) is 0. The Balaban J connectivity index is 1.58. The van der Waals surface area contributed by atoms with Crippen molar-refractivity contribution in [2.24, 2.45) is 0 Å². The van der Waals surface area contributed by atoms with E-state index in [9.17, 15) is 20.4 Å². The molecule has 2 aliphatic rings. The smallest absolute Gasteiger partial charge is 0.130 e. The highest BCUT2D eigenvalue weighted by atomic mass is 32.2. The lowest BCUT2D eigenvalue weighted by molar-refractivity contribution is 0.436. The van der Waals surface area contributed by atoms with E-state index in [1.54, 1.807) is 0 Å². The lowest BCUT2D eigenvalue weighted by Crippen LogP contribution is -1.73. The molecule has 0 amide bonds. The molecule has 0 aromatic heterocycles. The molecule has 2 aromatic rings. The predicted octanol–water partition coefficient (Wildman–Crippen LogP) is 5.29. The highest BCUT2D eigenvalue weighted by Crippen LogP contribution is 2.59. The highest BCUT2D eigenvalue weighted by Gasteiger charge is 2.26. The van der Waals surface area contributed by atoms with Gasteiger partial charge in [-0.2, -0.15) is 0 Å². The van der Waals surface area contributed by atoms with Gasteiger partial charge in [-0.15, -0.1) is 0 Å². The van der Waals surface area contributed by atoms with Crippen LogP contribution in [0.2, 0.25) is 0 Å². The minimum atomic E-state index is 0.156. The fraction of sp³-hybridized carbons (Fsp3) is 0. The fourth-order valence-electron chi connectivity index (χ4n) is 2.19. The van der Waals surface area contributed by atoms with Gasteiger partial charge in [0.05, 0.1) is 28.1 Å². The van der Waals surface area contributed by atoms with Crippen molar-refractivity contribution in [1.29, 1.82) is 0 Å². The van der Waals surface area contributed by atoms with Gasteiger partial charge in [0.15, 0.2) is 0 Å². The number of hydrogen-bond acceptors (Lipinski definition) is 8. The second-order valence-corrected chi connectivity index (χ2v) is 9.63. The van der Waals surface area contributed by atoms with E-state index in [0.29, 0.717) is 19.6 Å². The average Bonchev–Trinajstić information content (AvgIpc) is 3.18. The summed E-state index contributed by atoms with van der Waals surface area (Å²) in [5.74, 6) is 0.623. The molecule has 0 fully saturated rings. The minimum absolute atomic E-state index is 0.156. The van der Waals surface area contributed by atoms with E-state index in [-0.39, 0.29) is 23.0 Å². The van der Waals surface area contributed by atoms with E-state index < -0.39 is 0 Å². The van der Waals surface area contributed by atoms with Crippen molar-refractivity contribution in [3.05, 3.63) is 44.9 Å². The summed E-state index contributed by atoms with van der Waals surface area (Å²) in [6.45, 7) is 0. The number of aromatic hydroxyl groups is 4. The maximum Gasteiger partial charge on any atom is 0.130 e. The molecule has 0 aliphatic carbocycles. The monoisotopic (exact) mass is 394 g/mol. The molecule has 2 aliphatic heterocycles. The number of fused-ring (bicyclic) bond motifs is 2. The van der Waals surface area contributed by atoms with Crippen molar-refractivity contribution >= 4 is 47.0 Å². The number of hydrogen-bond donors (Lipinski definition) is 4. The van der Waals surface area contributed by atoms with Crippen molar-refractivity contribution < 1.29 is 20.4 Å². The Morgan fingerprint density at radius 3 is 1.00 bits per heavy atom. The van der Waals surface area contributed by atoms with Gasteiger partial charge in [0.25, 0.3) is 0 Å². The van der Waals surface area contributed by atoms with E-state index in [0.717, 1.165) is 8.47 Å². The Kier molecular flexibility index (Phi) is 4.07. The molecule has 8 heteroatoms. The molecule has 2 aromatic carbocycles. The molecule has 0 unspecified atom stereocenters. The van der Waals surface area contributed by atoms with Crippen LogP contribution < -0.4 is 0 Å². The summed E-state index contributed by atoms with van der Waals surface area (Å²) in [6.07, 6.45) is 3.81. The second kappa shape index (κ2) is 6.11. The molecule has 2 heterocycles. The van der Waals surface area contributed by atoms with Gasteiger partial charge >= 0.3 is 0 Å². The quantitative estimate of drug-likeness (QED) is 0.486. The standard InChI is InChI=1S/C16H10O4S4/c17-7-1-2-8(18)14-13(7)21-11(22-14)5-6-12-23-15-9(19)3-4-10(20)16(15)24-12/h1-6,17-20H. The van der Waals surface area contributed by atoms with Gasteiger partial charge in [-0.25, -0.2) is 0 Å². The molecule has 0 radical (unpaired) electrons. The van der Waals surface area contributed by atoms with E-state index in [2.05, 4.69) is 0 Å². The third kappa shape index (κ3) is 2.73. The van der Waals surface area contributed by atoms with Crippen molar-refractivity contribution in [1.82, 2.24) is 0 Å². The molecule has 4 N–H and O–H groups in total. The first-order valence-corrected chi connectivity index (χ1v) is 10.0. The lowest BCUT2D eigenvalue weighted by Gasteiger charge is -2.00. The topological polar surface area (TPSA) is 80.9 Å². The van der Waals surface area contributed by atoms with Crippen LogP contribution in [0.4, 0.5) is 0 Å². The molecule has 4 rings (SSSR count). The Labute approximate surface area is 154 Å². The number of allylic oxidation sites excluding steroid dienone is 2. The predicted molar refractivity (Wildman–Crippen MR) is 99.1 cm³/mol. The normalized spacial score (nSPS) is 15.3. The van der Waals surface area contributed by atoms with Crippen LogP contribution in [-0.4, -0.2) is 20.4 Å². The van der Waals surface area contributed by atoms with Crippen LogP contribution in [0.5, 0.6) is 23.0 Å². The zero-order valence-electron chi connectivity index (χ0n) is 11.9. The highest BCUT2D eigenvalue weighted by molar-refractivity contribution is 8.25. The summed E-state index contributed by atoms with van der Waals surface area (Å²) in [4.78, 5) is 2.65. The van der Waals surface area contributed by atoms with E-state index in [4.69, 9.17) is 0 Å². The van der Waals surface area contributed by atoms with E-state index >= 15 is 0 Å². The zero-order valence-corrected chi connectivity index (χ0v) is 15.2. The summed E-state index contributed by atoms with van der Waals surface area (Å²) in [6, 6.07) is 5.92. The van der Waals surface area contributed by atoms with E-state index in [1.165, 1.54) is 71.3 Å². The molecule has 0 bridgehead atoms. The van der Waals surface area contributed by atoms with Gasteiger partial charge in [-0.05, 0) is 36.4 Å². The van der Waals surface area contributed by atoms with Gasteiger partial charge in [0, 0.05) is 0 Å². The van der Waals surface area contributed by atoms with Crippen molar-refractivity contribution in [2.75, 3.05) is 0 Å². The minimum Gasteiger partial charge on any atom is -0.507 e. The number of phenols is 4. The number of phenolic OH excluding ortho intramolecular Hbond substituents is 4. The van der Waals surface area contributed by atoms with Crippen LogP contribution in [0.15, 0.2) is 64.5 Å². The third-order valence-corrected chi connectivity index (χ3v) is 8.38. The Morgan fingerprint density at radius 1 is 0.500 bits per heavy atom. The summed E-state index contributed by atoms with van der Waals surface area (Å²) in [5.41, 5.74) is 0. The van der Waals surface area contributed by atoms with Crippen LogP contribution in [0.1, 0.15) is 0 Å². The first-order valence-electron chi connectivity index (χ1n) is 6.76. The Bertz CT molecular complexity index is 779. The second-order valence-electron chi connectivity index (χ2n) is 4.90. The first kappa shape index (κ1) is 16.0. The van der Waals surface area contributed by atoms with E-state index in [1.807, 2.05) is 12.2 Å². The molecule has 4 nitrogen and oxygen atoms in total. The maximum absolute atomic E-state index is 9.88. The molecule has 0 saturated heterocycles. The summed E-state index contributed by atoms with van der Waals surface area (Å²) < 4.78 is 1.86. The van der Waals surface area contributed by atoms with Gasteiger partial charge in [0.1, 0.15) is 23.0 Å². The number of benzene rings is 2. The first-order chi connectivity index (χ1) is 11.5. The van der Waals surface area contributed by atoms with Crippen LogP contribution in [-0.2, 0) is 0 Å². The number of thioether (sulfide) groups is 4. The zero-order chi connectivity index (χ0) is 16.8.